The monoisotopic (exact) mass is 204 g/mol. The zero-order valence-corrected chi connectivity index (χ0v) is 9.64. The molecule has 1 saturated carbocycles. The van der Waals surface area contributed by atoms with Gasteiger partial charge in [0.05, 0.1) is 11.4 Å². The SMILES string of the molecule is Cc1cccc(NC2(C)CCCC2)c1N. The Labute approximate surface area is 91.9 Å². The van der Waals surface area contributed by atoms with E-state index in [9.17, 15) is 0 Å². The van der Waals surface area contributed by atoms with Crippen LogP contribution in [-0.4, -0.2) is 5.54 Å². The number of hydrogen-bond acceptors (Lipinski definition) is 2. The molecule has 0 radical (unpaired) electrons. The molecule has 0 bridgehead atoms. The van der Waals surface area contributed by atoms with E-state index in [1.54, 1.807) is 0 Å². The summed E-state index contributed by atoms with van der Waals surface area (Å²) in [4.78, 5) is 0. The summed E-state index contributed by atoms with van der Waals surface area (Å²) in [5.41, 5.74) is 9.45. The minimum atomic E-state index is 0.252. The molecule has 0 unspecified atom stereocenters. The van der Waals surface area contributed by atoms with E-state index in [2.05, 4.69) is 37.4 Å². The number of anilines is 2. The van der Waals surface area contributed by atoms with Crippen LogP contribution in [0.25, 0.3) is 0 Å². The summed E-state index contributed by atoms with van der Waals surface area (Å²) in [5.74, 6) is 0. The molecule has 1 aromatic rings. The molecule has 3 N–H and O–H groups in total. The summed E-state index contributed by atoms with van der Waals surface area (Å²) in [6, 6.07) is 6.19. The van der Waals surface area contributed by atoms with Crippen LogP contribution >= 0.6 is 0 Å². The Morgan fingerprint density at radius 1 is 1.27 bits per heavy atom. The van der Waals surface area contributed by atoms with Crippen LogP contribution in [0.4, 0.5) is 11.4 Å². The molecule has 82 valence electrons. The number of aryl methyl sites for hydroxylation is 1. The highest BCUT2D eigenvalue weighted by Gasteiger charge is 2.28. The second-order valence-corrected chi connectivity index (χ2v) is 4.93. The van der Waals surface area contributed by atoms with E-state index in [4.69, 9.17) is 5.73 Å². The first-order valence-corrected chi connectivity index (χ1v) is 5.74. The minimum absolute atomic E-state index is 0.252. The summed E-state index contributed by atoms with van der Waals surface area (Å²) >= 11 is 0. The first-order chi connectivity index (χ1) is 7.11. The highest BCUT2D eigenvalue weighted by molar-refractivity contribution is 5.70. The fourth-order valence-corrected chi connectivity index (χ4v) is 2.40. The first kappa shape index (κ1) is 10.3. The number of nitrogens with two attached hydrogens (primary N) is 1. The molecule has 2 heteroatoms. The third-order valence-electron chi connectivity index (χ3n) is 3.47. The lowest BCUT2D eigenvalue weighted by atomic mass is 9.99. The Balaban J connectivity index is 2.20. The predicted octanol–water partition coefficient (Wildman–Crippen LogP) is 3.32. The highest BCUT2D eigenvalue weighted by atomic mass is 15.0. The van der Waals surface area contributed by atoms with Gasteiger partial charge < -0.3 is 11.1 Å². The standard InChI is InChI=1S/C13H20N2/c1-10-6-5-7-11(12(10)14)15-13(2)8-3-4-9-13/h5-7,15H,3-4,8-9,14H2,1-2H3. The van der Waals surface area contributed by atoms with Crippen molar-refractivity contribution in [2.24, 2.45) is 0 Å². The summed E-state index contributed by atoms with van der Waals surface area (Å²) in [5, 5.41) is 3.60. The third kappa shape index (κ3) is 2.09. The van der Waals surface area contributed by atoms with E-state index in [1.165, 1.54) is 25.7 Å². The molecular weight excluding hydrogens is 184 g/mol. The maximum Gasteiger partial charge on any atom is 0.0580 e. The molecular formula is C13H20N2. The molecule has 1 aliphatic carbocycles. The van der Waals surface area contributed by atoms with Crippen molar-refractivity contribution in [1.29, 1.82) is 0 Å². The molecule has 1 fully saturated rings. The van der Waals surface area contributed by atoms with Gasteiger partial charge in [0.15, 0.2) is 0 Å². The molecule has 0 heterocycles. The smallest absolute Gasteiger partial charge is 0.0580 e. The van der Waals surface area contributed by atoms with Crippen molar-refractivity contribution in [2.75, 3.05) is 11.1 Å². The topological polar surface area (TPSA) is 38.0 Å². The van der Waals surface area contributed by atoms with Crippen LogP contribution in [0.1, 0.15) is 38.2 Å². The fourth-order valence-electron chi connectivity index (χ4n) is 2.40. The van der Waals surface area contributed by atoms with Crippen LogP contribution in [0, 0.1) is 6.92 Å². The normalized spacial score (nSPS) is 19.1. The number of rotatable bonds is 2. The average molecular weight is 204 g/mol. The van der Waals surface area contributed by atoms with Gasteiger partial charge in [-0.3, -0.25) is 0 Å². The first-order valence-electron chi connectivity index (χ1n) is 5.74. The highest BCUT2D eigenvalue weighted by Crippen LogP contribution is 2.34. The van der Waals surface area contributed by atoms with Crippen LogP contribution in [0.5, 0.6) is 0 Å². The van der Waals surface area contributed by atoms with Crippen molar-refractivity contribution in [3.8, 4) is 0 Å². The van der Waals surface area contributed by atoms with Gasteiger partial charge in [0.1, 0.15) is 0 Å². The molecule has 15 heavy (non-hydrogen) atoms. The van der Waals surface area contributed by atoms with Crippen LogP contribution < -0.4 is 11.1 Å². The van der Waals surface area contributed by atoms with Crippen molar-refractivity contribution < 1.29 is 0 Å². The second-order valence-electron chi connectivity index (χ2n) is 4.93. The lowest BCUT2D eigenvalue weighted by Gasteiger charge is -2.27. The maximum atomic E-state index is 6.06. The molecule has 0 saturated heterocycles. The van der Waals surface area contributed by atoms with Gasteiger partial charge in [-0.15, -0.1) is 0 Å². The Bertz CT molecular complexity index is 352. The van der Waals surface area contributed by atoms with E-state index in [-0.39, 0.29) is 5.54 Å². The molecule has 0 atom stereocenters. The number of para-hydroxylation sites is 1. The summed E-state index contributed by atoms with van der Waals surface area (Å²) < 4.78 is 0. The molecule has 2 rings (SSSR count). The largest absolute Gasteiger partial charge is 0.397 e. The zero-order chi connectivity index (χ0) is 10.9. The molecule has 2 nitrogen and oxygen atoms in total. The Morgan fingerprint density at radius 3 is 2.60 bits per heavy atom. The lowest BCUT2D eigenvalue weighted by Crippen LogP contribution is -2.31. The molecule has 0 spiro atoms. The van der Waals surface area contributed by atoms with Gasteiger partial charge in [0.25, 0.3) is 0 Å². The van der Waals surface area contributed by atoms with Gasteiger partial charge in [-0.25, -0.2) is 0 Å². The van der Waals surface area contributed by atoms with Crippen molar-refractivity contribution in [2.45, 2.75) is 45.1 Å². The van der Waals surface area contributed by atoms with E-state index in [0.29, 0.717) is 0 Å². The fraction of sp³-hybridized carbons (Fsp3) is 0.538. The second kappa shape index (κ2) is 3.76. The maximum absolute atomic E-state index is 6.06. The van der Waals surface area contributed by atoms with Gasteiger partial charge in [-0.1, -0.05) is 25.0 Å². The van der Waals surface area contributed by atoms with Gasteiger partial charge in [-0.2, -0.15) is 0 Å². The van der Waals surface area contributed by atoms with E-state index in [0.717, 1.165) is 16.9 Å². The van der Waals surface area contributed by atoms with Crippen molar-refractivity contribution in [3.05, 3.63) is 23.8 Å². The van der Waals surface area contributed by atoms with Crippen LogP contribution in [0.2, 0.25) is 0 Å². The van der Waals surface area contributed by atoms with Gasteiger partial charge in [0.2, 0.25) is 0 Å². The van der Waals surface area contributed by atoms with Crippen molar-refractivity contribution in [3.63, 3.8) is 0 Å². The molecule has 0 amide bonds. The molecule has 1 aromatic carbocycles. The zero-order valence-electron chi connectivity index (χ0n) is 9.64. The summed E-state index contributed by atoms with van der Waals surface area (Å²) in [6.45, 7) is 4.35. The summed E-state index contributed by atoms with van der Waals surface area (Å²) in [6.07, 6.45) is 5.16. The van der Waals surface area contributed by atoms with E-state index in [1.807, 2.05) is 0 Å². The van der Waals surface area contributed by atoms with E-state index >= 15 is 0 Å². The molecule has 1 aliphatic rings. The van der Waals surface area contributed by atoms with E-state index < -0.39 is 0 Å². The predicted molar refractivity (Wildman–Crippen MR) is 66.1 cm³/mol. The van der Waals surface area contributed by atoms with Crippen LogP contribution in [-0.2, 0) is 0 Å². The van der Waals surface area contributed by atoms with Gasteiger partial charge in [-0.05, 0) is 38.3 Å². The number of nitrogen functional groups attached to an aromatic ring is 1. The lowest BCUT2D eigenvalue weighted by molar-refractivity contribution is 0.533. The Kier molecular flexibility index (Phi) is 2.59. The quantitative estimate of drug-likeness (QED) is 0.725. The van der Waals surface area contributed by atoms with Crippen LogP contribution in [0.3, 0.4) is 0 Å². The summed E-state index contributed by atoms with van der Waals surface area (Å²) in [7, 11) is 0. The van der Waals surface area contributed by atoms with Gasteiger partial charge in [0, 0.05) is 5.54 Å². The number of hydrogen-bond donors (Lipinski definition) is 2. The Hall–Kier alpha value is -1.18. The number of benzene rings is 1. The van der Waals surface area contributed by atoms with Crippen molar-refractivity contribution in [1.82, 2.24) is 0 Å². The average Bonchev–Trinajstić information content (AvgIpc) is 2.60. The number of nitrogens with one attached hydrogen (secondary N) is 1. The van der Waals surface area contributed by atoms with Gasteiger partial charge >= 0.3 is 0 Å². The van der Waals surface area contributed by atoms with Crippen molar-refractivity contribution >= 4 is 11.4 Å². The molecule has 0 aliphatic heterocycles. The Morgan fingerprint density at radius 2 is 1.93 bits per heavy atom. The minimum Gasteiger partial charge on any atom is -0.397 e. The third-order valence-corrected chi connectivity index (χ3v) is 3.47. The molecule has 0 aromatic heterocycles. The van der Waals surface area contributed by atoms with Crippen LogP contribution in [0.15, 0.2) is 18.2 Å².